The van der Waals surface area contributed by atoms with E-state index in [1.807, 2.05) is 18.2 Å². The Morgan fingerprint density at radius 1 is 1.27 bits per heavy atom. The summed E-state index contributed by atoms with van der Waals surface area (Å²) in [6.07, 6.45) is 1.67. The average molecular weight is 299 g/mol. The van der Waals surface area contributed by atoms with Gasteiger partial charge in [-0.3, -0.25) is 4.79 Å². The van der Waals surface area contributed by atoms with Gasteiger partial charge in [0, 0.05) is 30.5 Å². The third-order valence-corrected chi connectivity index (χ3v) is 3.68. The van der Waals surface area contributed by atoms with Gasteiger partial charge in [-0.05, 0) is 12.1 Å². The summed E-state index contributed by atoms with van der Waals surface area (Å²) in [4.78, 5) is 19.7. The van der Waals surface area contributed by atoms with Gasteiger partial charge in [-0.2, -0.15) is 0 Å². The minimum Gasteiger partial charge on any atom is -0.496 e. The smallest absolute Gasteiger partial charge is 0.270 e. The summed E-state index contributed by atoms with van der Waals surface area (Å²) >= 11 is 0. The largest absolute Gasteiger partial charge is 0.496 e. The van der Waals surface area contributed by atoms with Crippen molar-refractivity contribution in [2.75, 3.05) is 21.3 Å². The molecule has 22 heavy (non-hydrogen) atoms. The van der Waals surface area contributed by atoms with E-state index in [2.05, 4.69) is 15.3 Å². The minimum absolute atomic E-state index is 0.238. The maximum absolute atomic E-state index is 12.1. The maximum Gasteiger partial charge on any atom is 0.270 e. The second-order valence-corrected chi connectivity index (χ2v) is 4.89. The zero-order valence-electron chi connectivity index (χ0n) is 12.7. The number of nitrogens with one attached hydrogen (secondary N) is 2. The van der Waals surface area contributed by atoms with Crippen LogP contribution in [0.25, 0.3) is 21.8 Å². The predicted molar refractivity (Wildman–Crippen MR) is 84.3 cm³/mol. The number of amides is 1. The van der Waals surface area contributed by atoms with Crippen molar-refractivity contribution in [3.63, 3.8) is 0 Å². The molecular formula is C16H17N3O3. The summed E-state index contributed by atoms with van der Waals surface area (Å²) in [6, 6.07) is 5.78. The van der Waals surface area contributed by atoms with E-state index in [0.717, 1.165) is 33.1 Å². The van der Waals surface area contributed by atoms with Crippen LogP contribution in [0.3, 0.4) is 0 Å². The van der Waals surface area contributed by atoms with Gasteiger partial charge in [-0.1, -0.05) is 6.07 Å². The Bertz CT molecular complexity index is 855. The molecule has 0 unspecified atom stereocenters. The molecule has 0 radical (unpaired) electrons. The Kier molecular flexibility index (Phi) is 3.68. The van der Waals surface area contributed by atoms with Crippen LogP contribution < -0.4 is 10.1 Å². The first-order valence-electron chi connectivity index (χ1n) is 6.88. The van der Waals surface area contributed by atoms with Crippen LogP contribution in [0.4, 0.5) is 0 Å². The normalized spacial score (nSPS) is 11.0. The molecule has 0 bridgehead atoms. The lowest BCUT2D eigenvalue weighted by Gasteiger charge is -2.10. The number of benzene rings is 1. The Morgan fingerprint density at radius 3 is 2.77 bits per heavy atom. The minimum atomic E-state index is -0.238. The van der Waals surface area contributed by atoms with Crippen molar-refractivity contribution in [2.45, 2.75) is 6.61 Å². The van der Waals surface area contributed by atoms with Crippen molar-refractivity contribution >= 4 is 27.7 Å². The standard InChI is InChI=1S/C16H17N3O3/c1-17-16(20)15-9(8-21-2)13-11(7-18-15)19-10-5-4-6-12(22-3)14(10)13/h4-7,19H,8H2,1-3H3,(H,17,20). The number of methoxy groups -OCH3 is 2. The monoisotopic (exact) mass is 299 g/mol. The van der Waals surface area contributed by atoms with Crippen LogP contribution in [0.5, 0.6) is 5.75 Å². The van der Waals surface area contributed by atoms with Crippen LogP contribution in [-0.2, 0) is 11.3 Å². The maximum atomic E-state index is 12.1. The van der Waals surface area contributed by atoms with Crippen molar-refractivity contribution in [3.05, 3.63) is 35.7 Å². The number of ether oxygens (including phenoxy) is 2. The molecule has 3 rings (SSSR count). The lowest BCUT2D eigenvalue weighted by molar-refractivity contribution is 0.0953. The molecule has 1 aromatic carbocycles. The first-order valence-corrected chi connectivity index (χ1v) is 6.88. The average Bonchev–Trinajstić information content (AvgIpc) is 2.93. The topological polar surface area (TPSA) is 76.2 Å². The molecule has 6 nitrogen and oxygen atoms in total. The molecule has 0 aliphatic carbocycles. The lowest BCUT2D eigenvalue weighted by atomic mass is 10.0. The second kappa shape index (κ2) is 5.65. The molecule has 6 heteroatoms. The summed E-state index contributed by atoms with van der Waals surface area (Å²) in [5, 5.41) is 4.45. The molecular weight excluding hydrogens is 282 g/mol. The molecule has 0 spiro atoms. The number of carbonyl (C=O) groups excluding carboxylic acids is 1. The van der Waals surface area contributed by atoms with Gasteiger partial charge in [0.2, 0.25) is 0 Å². The van der Waals surface area contributed by atoms with Crippen molar-refractivity contribution in [3.8, 4) is 5.75 Å². The molecule has 114 valence electrons. The van der Waals surface area contributed by atoms with Crippen LogP contribution in [0, 0.1) is 0 Å². The Hall–Kier alpha value is -2.60. The van der Waals surface area contributed by atoms with E-state index in [1.54, 1.807) is 27.5 Å². The lowest BCUT2D eigenvalue weighted by Crippen LogP contribution is -2.21. The highest BCUT2D eigenvalue weighted by Gasteiger charge is 2.20. The summed E-state index contributed by atoms with van der Waals surface area (Å²) in [5.74, 6) is 0.508. The fraction of sp³-hybridized carbons (Fsp3) is 0.250. The fourth-order valence-corrected chi connectivity index (χ4v) is 2.74. The SMILES string of the molecule is CNC(=O)c1ncc2[nH]c3cccc(OC)c3c2c1COC. The number of hydrogen-bond acceptors (Lipinski definition) is 4. The molecule has 1 amide bonds. The fourth-order valence-electron chi connectivity index (χ4n) is 2.74. The van der Waals surface area contributed by atoms with E-state index in [9.17, 15) is 4.79 Å². The van der Waals surface area contributed by atoms with Gasteiger partial charge in [0.15, 0.2) is 0 Å². The third-order valence-electron chi connectivity index (χ3n) is 3.68. The molecule has 2 heterocycles. The number of H-pyrrole nitrogens is 1. The number of nitrogens with zero attached hydrogens (tertiary/aromatic N) is 1. The van der Waals surface area contributed by atoms with E-state index in [0.29, 0.717) is 5.69 Å². The number of carbonyl (C=O) groups is 1. The van der Waals surface area contributed by atoms with Crippen LogP contribution in [0.15, 0.2) is 24.4 Å². The van der Waals surface area contributed by atoms with Gasteiger partial charge in [-0.25, -0.2) is 4.98 Å². The summed E-state index contributed by atoms with van der Waals surface area (Å²) in [5.41, 5.74) is 2.89. The Balaban J connectivity index is 2.45. The van der Waals surface area contributed by atoms with Gasteiger partial charge in [0.25, 0.3) is 5.91 Å². The van der Waals surface area contributed by atoms with Gasteiger partial charge < -0.3 is 19.8 Å². The summed E-state index contributed by atoms with van der Waals surface area (Å²) in [6.45, 7) is 0.290. The van der Waals surface area contributed by atoms with Gasteiger partial charge in [0.1, 0.15) is 11.4 Å². The number of aromatic amines is 1. The zero-order chi connectivity index (χ0) is 15.7. The van der Waals surface area contributed by atoms with Crippen molar-refractivity contribution < 1.29 is 14.3 Å². The van der Waals surface area contributed by atoms with Crippen LogP contribution in [0.1, 0.15) is 16.1 Å². The van der Waals surface area contributed by atoms with Gasteiger partial charge in [0.05, 0.1) is 30.9 Å². The van der Waals surface area contributed by atoms with Crippen LogP contribution in [0.2, 0.25) is 0 Å². The third kappa shape index (κ3) is 2.08. The summed E-state index contributed by atoms with van der Waals surface area (Å²) in [7, 11) is 4.81. The predicted octanol–water partition coefficient (Wildman–Crippen LogP) is 2.23. The van der Waals surface area contributed by atoms with E-state index in [4.69, 9.17) is 9.47 Å². The number of fused-ring (bicyclic) bond motifs is 3. The second-order valence-electron chi connectivity index (χ2n) is 4.89. The van der Waals surface area contributed by atoms with Crippen LogP contribution >= 0.6 is 0 Å². The number of rotatable bonds is 4. The number of aromatic nitrogens is 2. The Morgan fingerprint density at radius 2 is 2.09 bits per heavy atom. The highest BCUT2D eigenvalue weighted by molar-refractivity contribution is 6.14. The molecule has 0 aliphatic heterocycles. The molecule has 3 aromatic rings. The number of pyridine rings is 1. The van der Waals surface area contributed by atoms with E-state index >= 15 is 0 Å². The molecule has 0 fully saturated rings. The van der Waals surface area contributed by atoms with Crippen molar-refractivity contribution in [1.29, 1.82) is 0 Å². The van der Waals surface area contributed by atoms with Crippen molar-refractivity contribution in [2.24, 2.45) is 0 Å². The van der Waals surface area contributed by atoms with Crippen molar-refractivity contribution in [1.82, 2.24) is 15.3 Å². The van der Waals surface area contributed by atoms with Gasteiger partial charge >= 0.3 is 0 Å². The molecule has 2 aromatic heterocycles. The van der Waals surface area contributed by atoms with Gasteiger partial charge in [-0.15, -0.1) is 0 Å². The summed E-state index contributed by atoms with van der Waals surface area (Å²) < 4.78 is 10.8. The Labute approximate surface area is 127 Å². The first kappa shape index (κ1) is 14.3. The molecule has 0 aliphatic rings. The van der Waals surface area contributed by atoms with E-state index in [1.165, 1.54) is 0 Å². The highest BCUT2D eigenvalue weighted by atomic mass is 16.5. The van der Waals surface area contributed by atoms with Crippen LogP contribution in [-0.4, -0.2) is 37.1 Å². The molecule has 0 atom stereocenters. The molecule has 0 saturated heterocycles. The molecule has 2 N–H and O–H groups in total. The number of hydrogen-bond donors (Lipinski definition) is 2. The highest BCUT2D eigenvalue weighted by Crippen LogP contribution is 2.35. The van der Waals surface area contributed by atoms with E-state index in [-0.39, 0.29) is 12.5 Å². The quantitative estimate of drug-likeness (QED) is 0.774. The molecule has 0 saturated carbocycles. The van der Waals surface area contributed by atoms with E-state index < -0.39 is 0 Å². The zero-order valence-corrected chi connectivity index (χ0v) is 12.7. The first-order chi connectivity index (χ1) is 10.7.